The number of carbonyl (C=O) groups excluding carboxylic acids is 1. The number of benzene rings is 1. The van der Waals surface area contributed by atoms with Crippen LogP contribution in [0.25, 0.3) is 0 Å². The summed E-state index contributed by atoms with van der Waals surface area (Å²) in [6.45, 7) is 3.97. The molecule has 0 aliphatic carbocycles. The Morgan fingerprint density at radius 3 is 2.75 bits per heavy atom. The molecule has 7 nitrogen and oxygen atoms in total. The molecule has 0 aliphatic heterocycles. The number of nitro benzene ring substituents is 1. The van der Waals surface area contributed by atoms with E-state index in [-0.39, 0.29) is 41.9 Å². The molecule has 2 N–H and O–H groups in total. The fraction of sp³-hybridized carbons (Fsp3) is 0.385. The number of hydrogen-bond acceptors (Lipinski definition) is 5. The summed E-state index contributed by atoms with van der Waals surface area (Å²) in [4.78, 5) is 21.8. The molecule has 0 unspecified atom stereocenters. The maximum absolute atomic E-state index is 11.4. The van der Waals surface area contributed by atoms with Gasteiger partial charge in [0.15, 0.2) is 0 Å². The molecule has 1 rings (SSSR count). The van der Waals surface area contributed by atoms with E-state index in [0.29, 0.717) is 0 Å². The molecule has 20 heavy (non-hydrogen) atoms. The first-order valence-electron chi connectivity index (χ1n) is 6.16. The summed E-state index contributed by atoms with van der Waals surface area (Å²) in [5.74, 6) is -0.133. The molecule has 0 aliphatic rings. The molecule has 0 saturated heterocycles. The van der Waals surface area contributed by atoms with Crippen LogP contribution in [0.1, 0.15) is 25.8 Å². The fourth-order valence-corrected chi connectivity index (χ4v) is 1.68. The Kier molecular flexibility index (Phi) is 5.47. The van der Waals surface area contributed by atoms with Crippen LogP contribution in [0, 0.1) is 21.4 Å². The maximum Gasteiger partial charge on any atom is 0.309 e. The molecule has 1 aromatic carbocycles. The Hall–Kier alpha value is -2.62. The van der Waals surface area contributed by atoms with Crippen LogP contribution in [0.2, 0.25) is 0 Å². The van der Waals surface area contributed by atoms with E-state index < -0.39 is 4.92 Å². The molecule has 0 saturated carbocycles. The van der Waals surface area contributed by atoms with Crippen molar-refractivity contribution in [3.05, 3.63) is 33.9 Å². The van der Waals surface area contributed by atoms with Crippen LogP contribution in [0.4, 0.5) is 11.4 Å². The Balaban J connectivity index is 2.72. The van der Waals surface area contributed by atoms with Gasteiger partial charge in [0.05, 0.1) is 4.92 Å². The van der Waals surface area contributed by atoms with Crippen LogP contribution in [-0.4, -0.2) is 23.4 Å². The zero-order valence-corrected chi connectivity index (χ0v) is 11.3. The van der Waals surface area contributed by atoms with Gasteiger partial charge in [0.1, 0.15) is 17.3 Å². The minimum atomic E-state index is -0.602. The number of carbonyl (C=O) groups is 1. The first-order chi connectivity index (χ1) is 9.45. The SMILES string of the molecule is CC(C)NC(=O)CCNc1cccc(C#N)c1[N+](=O)[O-]. The van der Waals surface area contributed by atoms with Crippen LogP contribution < -0.4 is 10.6 Å². The molecule has 0 spiro atoms. The van der Waals surface area contributed by atoms with E-state index >= 15 is 0 Å². The van der Waals surface area contributed by atoms with Gasteiger partial charge >= 0.3 is 5.69 Å². The van der Waals surface area contributed by atoms with Gasteiger partial charge in [0, 0.05) is 19.0 Å². The highest BCUT2D eigenvalue weighted by molar-refractivity contribution is 5.77. The quantitative estimate of drug-likeness (QED) is 0.608. The summed E-state index contributed by atoms with van der Waals surface area (Å²) in [7, 11) is 0. The first-order valence-corrected chi connectivity index (χ1v) is 6.16. The summed E-state index contributed by atoms with van der Waals surface area (Å²) in [6.07, 6.45) is 0.201. The highest BCUT2D eigenvalue weighted by Gasteiger charge is 2.19. The van der Waals surface area contributed by atoms with Crippen molar-refractivity contribution in [2.45, 2.75) is 26.3 Å². The van der Waals surface area contributed by atoms with E-state index in [1.54, 1.807) is 12.1 Å². The molecular formula is C13H16N4O3. The third kappa shape index (κ3) is 4.24. The number of rotatable bonds is 6. The van der Waals surface area contributed by atoms with Gasteiger partial charge in [-0.3, -0.25) is 14.9 Å². The molecule has 0 fully saturated rings. The van der Waals surface area contributed by atoms with Crippen LogP contribution >= 0.6 is 0 Å². The molecule has 0 radical (unpaired) electrons. The number of para-hydroxylation sites is 1. The number of nitriles is 1. The van der Waals surface area contributed by atoms with Gasteiger partial charge in [-0.05, 0) is 26.0 Å². The molecular weight excluding hydrogens is 260 g/mol. The predicted molar refractivity (Wildman–Crippen MR) is 74.2 cm³/mol. The highest BCUT2D eigenvalue weighted by atomic mass is 16.6. The van der Waals surface area contributed by atoms with Gasteiger partial charge in [-0.25, -0.2) is 0 Å². The minimum Gasteiger partial charge on any atom is -0.379 e. The number of hydrogen-bond donors (Lipinski definition) is 2. The van der Waals surface area contributed by atoms with E-state index in [1.807, 2.05) is 13.8 Å². The smallest absolute Gasteiger partial charge is 0.309 e. The van der Waals surface area contributed by atoms with Crippen molar-refractivity contribution >= 4 is 17.3 Å². The minimum absolute atomic E-state index is 0.00775. The Morgan fingerprint density at radius 2 is 2.20 bits per heavy atom. The van der Waals surface area contributed by atoms with E-state index in [0.717, 1.165) is 0 Å². The molecule has 1 aromatic rings. The average molecular weight is 276 g/mol. The molecule has 0 atom stereocenters. The summed E-state index contributed by atoms with van der Waals surface area (Å²) in [5.41, 5.74) is -0.0303. The molecule has 7 heteroatoms. The van der Waals surface area contributed by atoms with E-state index in [9.17, 15) is 14.9 Å². The number of anilines is 1. The molecule has 106 valence electrons. The maximum atomic E-state index is 11.4. The molecule has 0 aromatic heterocycles. The van der Waals surface area contributed by atoms with E-state index in [4.69, 9.17) is 5.26 Å². The Bertz CT molecular complexity index is 549. The van der Waals surface area contributed by atoms with Crippen molar-refractivity contribution in [3.8, 4) is 6.07 Å². The third-order valence-corrected chi connectivity index (χ3v) is 2.46. The van der Waals surface area contributed by atoms with Crippen LogP contribution in [0.3, 0.4) is 0 Å². The van der Waals surface area contributed by atoms with Gasteiger partial charge in [0.2, 0.25) is 5.91 Å². The summed E-state index contributed by atoms with van der Waals surface area (Å²) >= 11 is 0. The highest BCUT2D eigenvalue weighted by Crippen LogP contribution is 2.27. The lowest BCUT2D eigenvalue weighted by Crippen LogP contribution is -2.31. The second-order valence-electron chi connectivity index (χ2n) is 4.47. The van der Waals surface area contributed by atoms with Crippen molar-refractivity contribution in [1.29, 1.82) is 5.26 Å². The van der Waals surface area contributed by atoms with Crippen molar-refractivity contribution in [3.63, 3.8) is 0 Å². The summed E-state index contributed by atoms with van der Waals surface area (Å²) in [6, 6.07) is 6.29. The van der Waals surface area contributed by atoms with Crippen LogP contribution in [0.15, 0.2) is 18.2 Å². The fourth-order valence-electron chi connectivity index (χ4n) is 1.68. The van der Waals surface area contributed by atoms with Gasteiger partial charge in [-0.2, -0.15) is 5.26 Å². The number of amides is 1. The lowest BCUT2D eigenvalue weighted by Gasteiger charge is -2.10. The van der Waals surface area contributed by atoms with Crippen molar-refractivity contribution < 1.29 is 9.72 Å². The molecule has 0 heterocycles. The second-order valence-corrected chi connectivity index (χ2v) is 4.47. The molecule has 0 bridgehead atoms. The Morgan fingerprint density at radius 1 is 1.50 bits per heavy atom. The summed E-state index contributed by atoms with van der Waals surface area (Å²) in [5, 5.41) is 25.4. The first kappa shape index (κ1) is 15.4. The average Bonchev–Trinajstić information content (AvgIpc) is 2.37. The third-order valence-electron chi connectivity index (χ3n) is 2.46. The zero-order chi connectivity index (χ0) is 15.1. The van der Waals surface area contributed by atoms with Crippen LogP contribution in [-0.2, 0) is 4.79 Å². The van der Waals surface area contributed by atoms with Gasteiger partial charge in [-0.1, -0.05) is 6.07 Å². The van der Waals surface area contributed by atoms with E-state index in [2.05, 4.69) is 10.6 Å². The Labute approximate surface area is 116 Å². The number of nitrogens with zero attached hydrogens (tertiary/aromatic N) is 2. The second kappa shape index (κ2) is 7.09. The molecule has 1 amide bonds. The van der Waals surface area contributed by atoms with E-state index in [1.165, 1.54) is 12.1 Å². The normalized spacial score (nSPS) is 9.90. The number of nitro groups is 1. The lowest BCUT2D eigenvalue weighted by molar-refractivity contribution is -0.384. The monoisotopic (exact) mass is 276 g/mol. The topological polar surface area (TPSA) is 108 Å². The van der Waals surface area contributed by atoms with Crippen LogP contribution in [0.5, 0.6) is 0 Å². The number of nitrogens with one attached hydrogen (secondary N) is 2. The van der Waals surface area contributed by atoms with Crippen molar-refractivity contribution in [2.75, 3.05) is 11.9 Å². The largest absolute Gasteiger partial charge is 0.379 e. The van der Waals surface area contributed by atoms with Crippen molar-refractivity contribution in [1.82, 2.24) is 5.32 Å². The van der Waals surface area contributed by atoms with Gasteiger partial charge in [-0.15, -0.1) is 0 Å². The zero-order valence-electron chi connectivity index (χ0n) is 11.3. The van der Waals surface area contributed by atoms with Gasteiger partial charge < -0.3 is 10.6 Å². The lowest BCUT2D eigenvalue weighted by atomic mass is 10.1. The van der Waals surface area contributed by atoms with Crippen molar-refractivity contribution in [2.24, 2.45) is 0 Å². The van der Waals surface area contributed by atoms with Gasteiger partial charge in [0.25, 0.3) is 0 Å². The predicted octanol–water partition coefficient (Wildman–Crippen LogP) is 1.79. The summed E-state index contributed by atoms with van der Waals surface area (Å²) < 4.78 is 0. The standard InChI is InChI=1S/C13H16N4O3/c1-9(2)16-12(18)6-7-15-11-5-3-4-10(8-14)13(11)17(19)20/h3-5,9,15H,6-7H2,1-2H3,(H,16,18).